The molecule has 8 heteroatoms. The number of anilines is 1. The maximum absolute atomic E-state index is 10.5. The monoisotopic (exact) mass is 240 g/mol. The van der Waals surface area contributed by atoms with Crippen molar-refractivity contribution in [3.8, 4) is 0 Å². The standard InChI is InChI=1S/C5H4Cl2N3O2S/c1-13-5-8-3(6)2(10(11)12)4(7)9-5/h11H,1H3/q-1. The molecule has 13 heavy (non-hydrogen) atoms. The number of hydrogen-bond donors (Lipinski definition) is 1. The summed E-state index contributed by atoms with van der Waals surface area (Å²) in [5.41, 5.74) is -0.346. The second-order valence-electron chi connectivity index (χ2n) is 1.91. The molecule has 0 spiro atoms. The number of aromatic nitrogens is 2. The van der Waals surface area contributed by atoms with E-state index in [0.717, 1.165) is 0 Å². The van der Waals surface area contributed by atoms with Crippen LogP contribution in [0.15, 0.2) is 5.16 Å². The summed E-state index contributed by atoms with van der Waals surface area (Å²) in [6, 6.07) is 0. The van der Waals surface area contributed by atoms with Crippen LogP contribution in [-0.2, 0) is 0 Å². The van der Waals surface area contributed by atoms with E-state index in [1.165, 1.54) is 11.8 Å². The molecule has 0 aliphatic carbocycles. The van der Waals surface area contributed by atoms with Gasteiger partial charge in [0, 0.05) is 0 Å². The second kappa shape index (κ2) is 4.30. The van der Waals surface area contributed by atoms with E-state index in [0.29, 0.717) is 5.16 Å². The highest BCUT2D eigenvalue weighted by Gasteiger charge is 2.11. The molecule has 1 aromatic heterocycles. The van der Waals surface area contributed by atoms with Gasteiger partial charge in [0.1, 0.15) is 5.69 Å². The van der Waals surface area contributed by atoms with Crippen molar-refractivity contribution in [2.24, 2.45) is 0 Å². The summed E-state index contributed by atoms with van der Waals surface area (Å²) in [6.07, 6.45) is 1.73. The molecule has 0 aromatic carbocycles. The lowest BCUT2D eigenvalue weighted by Gasteiger charge is -2.22. The molecule has 0 radical (unpaired) electrons. The Hall–Kier alpha value is -0.270. The van der Waals surface area contributed by atoms with Crippen LogP contribution in [0.4, 0.5) is 5.69 Å². The van der Waals surface area contributed by atoms with E-state index in [4.69, 9.17) is 28.4 Å². The van der Waals surface area contributed by atoms with Crippen molar-refractivity contribution in [3.05, 3.63) is 15.5 Å². The van der Waals surface area contributed by atoms with Gasteiger partial charge in [-0.3, -0.25) is 5.21 Å². The largest absolute Gasteiger partial charge is 0.733 e. The van der Waals surface area contributed by atoms with Crippen LogP contribution in [0.3, 0.4) is 0 Å². The molecule has 1 rings (SSSR count). The molecule has 72 valence electrons. The zero-order chi connectivity index (χ0) is 10.0. The Balaban J connectivity index is 3.23. The van der Waals surface area contributed by atoms with E-state index in [2.05, 4.69) is 9.97 Å². The van der Waals surface area contributed by atoms with Crippen molar-refractivity contribution in [3.63, 3.8) is 0 Å². The van der Waals surface area contributed by atoms with Gasteiger partial charge in [-0.25, -0.2) is 9.97 Å². The third-order valence-corrected chi connectivity index (χ3v) is 2.23. The lowest BCUT2D eigenvalue weighted by atomic mass is 10.5. The molecular formula is C5H4Cl2N3O2S-. The van der Waals surface area contributed by atoms with E-state index in [1.54, 1.807) is 6.26 Å². The van der Waals surface area contributed by atoms with Gasteiger partial charge in [0.25, 0.3) is 0 Å². The third kappa shape index (κ3) is 2.35. The van der Waals surface area contributed by atoms with Crippen molar-refractivity contribution in [1.82, 2.24) is 9.97 Å². The summed E-state index contributed by atoms with van der Waals surface area (Å²) in [5, 5.41) is 18.6. The highest BCUT2D eigenvalue weighted by molar-refractivity contribution is 7.98. The highest BCUT2D eigenvalue weighted by atomic mass is 35.5. The minimum atomic E-state index is -0.464. The van der Waals surface area contributed by atoms with Gasteiger partial charge in [-0.05, 0) is 6.26 Å². The lowest BCUT2D eigenvalue weighted by Crippen LogP contribution is -2.10. The quantitative estimate of drug-likeness (QED) is 0.370. The predicted octanol–water partition coefficient (Wildman–Crippen LogP) is 2.20. The average molecular weight is 241 g/mol. The minimum absolute atomic E-state index is 0.179. The van der Waals surface area contributed by atoms with Crippen molar-refractivity contribution < 1.29 is 5.21 Å². The molecule has 0 amide bonds. The fourth-order valence-corrected chi connectivity index (χ4v) is 1.63. The molecule has 5 nitrogen and oxygen atoms in total. The number of rotatable bonds is 2. The van der Waals surface area contributed by atoms with E-state index in [1.807, 2.05) is 0 Å². The van der Waals surface area contributed by atoms with Crippen LogP contribution in [0.25, 0.3) is 0 Å². The molecule has 0 unspecified atom stereocenters. The number of thioether (sulfide) groups is 1. The van der Waals surface area contributed by atoms with Gasteiger partial charge in [-0.2, -0.15) is 0 Å². The van der Waals surface area contributed by atoms with Crippen LogP contribution >= 0.6 is 35.0 Å². The number of halogens is 2. The number of hydrogen-bond acceptors (Lipinski definition) is 6. The maximum atomic E-state index is 10.5. The lowest BCUT2D eigenvalue weighted by molar-refractivity contribution is 0.296. The Morgan fingerprint density at radius 1 is 1.38 bits per heavy atom. The predicted molar refractivity (Wildman–Crippen MR) is 51.5 cm³/mol. The van der Waals surface area contributed by atoms with Crippen LogP contribution < -0.4 is 5.23 Å². The summed E-state index contributed by atoms with van der Waals surface area (Å²) in [7, 11) is 0. The van der Waals surface area contributed by atoms with Gasteiger partial charge in [0.05, 0.1) is 0 Å². The van der Waals surface area contributed by atoms with Gasteiger partial charge in [0.2, 0.25) is 0 Å². The van der Waals surface area contributed by atoms with E-state index in [9.17, 15) is 5.21 Å². The number of nitrogens with zero attached hydrogens (tertiary/aromatic N) is 3. The fourth-order valence-electron chi connectivity index (χ4n) is 0.633. The van der Waals surface area contributed by atoms with Gasteiger partial charge in [0.15, 0.2) is 15.5 Å². The van der Waals surface area contributed by atoms with E-state index >= 15 is 0 Å². The molecule has 0 saturated carbocycles. The highest BCUT2D eigenvalue weighted by Crippen LogP contribution is 2.31. The Morgan fingerprint density at radius 2 is 1.85 bits per heavy atom. The van der Waals surface area contributed by atoms with Crippen molar-refractivity contribution in [2.45, 2.75) is 5.16 Å². The first kappa shape index (κ1) is 10.8. The molecule has 0 fully saturated rings. The first-order chi connectivity index (χ1) is 6.06. The van der Waals surface area contributed by atoms with Crippen molar-refractivity contribution in [1.29, 1.82) is 0 Å². The molecule has 0 bridgehead atoms. The summed E-state index contributed by atoms with van der Waals surface area (Å²) in [5.74, 6) is 0. The van der Waals surface area contributed by atoms with Gasteiger partial charge in [-0.1, -0.05) is 35.0 Å². The van der Waals surface area contributed by atoms with Crippen LogP contribution in [0, 0.1) is 5.21 Å². The summed E-state index contributed by atoms with van der Waals surface area (Å²) < 4.78 is 0. The molecule has 1 heterocycles. The van der Waals surface area contributed by atoms with Crippen LogP contribution in [0.1, 0.15) is 0 Å². The molecule has 0 atom stereocenters. The SMILES string of the molecule is CSc1nc(Cl)c(N([O-])O)c(Cl)n1. The molecule has 1 aromatic rings. The minimum Gasteiger partial charge on any atom is -0.733 e. The average Bonchev–Trinajstić information content (AvgIpc) is 2.02. The zero-order valence-electron chi connectivity index (χ0n) is 6.36. The van der Waals surface area contributed by atoms with E-state index < -0.39 is 5.23 Å². The molecule has 0 saturated heterocycles. The zero-order valence-corrected chi connectivity index (χ0v) is 8.69. The Kier molecular flexibility index (Phi) is 3.57. The molecule has 1 N–H and O–H groups in total. The first-order valence-electron chi connectivity index (χ1n) is 2.99. The van der Waals surface area contributed by atoms with Gasteiger partial charge < -0.3 is 10.4 Å². The molecule has 0 aliphatic heterocycles. The van der Waals surface area contributed by atoms with E-state index in [-0.39, 0.29) is 16.0 Å². The van der Waals surface area contributed by atoms with Gasteiger partial charge in [-0.15, -0.1) is 0 Å². The van der Waals surface area contributed by atoms with Crippen LogP contribution in [0.2, 0.25) is 10.3 Å². The van der Waals surface area contributed by atoms with Crippen LogP contribution in [0.5, 0.6) is 0 Å². The topological polar surface area (TPSA) is 72.3 Å². The third-order valence-electron chi connectivity index (χ3n) is 1.15. The van der Waals surface area contributed by atoms with Crippen molar-refractivity contribution >= 4 is 40.7 Å². The normalized spacial score (nSPS) is 10.2. The fraction of sp³-hybridized carbons (Fsp3) is 0.200. The molecular weight excluding hydrogens is 237 g/mol. The summed E-state index contributed by atoms with van der Waals surface area (Å²) >= 11 is 12.3. The molecule has 0 aliphatic rings. The summed E-state index contributed by atoms with van der Waals surface area (Å²) in [4.78, 5) is 7.41. The Labute approximate surface area is 88.2 Å². The summed E-state index contributed by atoms with van der Waals surface area (Å²) in [6.45, 7) is 0. The smallest absolute Gasteiger partial charge is 0.190 e. The van der Waals surface area contributed by atoms with Crippen molar-refractivity contribution in [2.75, 3.05) is 11.5 Å². The first-order valence-corrected chi connectivity index (χ1v) is 4.97. The Bertz CT molecular complexity index is 300. The van der Waals surface area contributed by atoms with Gasteiger partial charge >= 0.3 is 0 Å². The Morgan fingerprint density at radius 3 is 2.15 bits per heavy atom. The maximum Gasteiger partial charge on any atom is 0.190 e. The van der Waals surface area contributed by atoms with Crippen LogP contribution in [-0.4, -0.2) is 21.4 Å². The second-order valence-corrected chi connectivity index (χ2v) is 3.40.